The van der Waals surface area contributed by atoms with Crippen molar-refractivity contribution in [1.82, 2.24) is 0 Å². The molecule has 0 saturated carbocycles. The first kappa shape index (κ1) is 44.9. The van der Waals surface area contributed by atoms with Gasteiger partial charge in [0.25, 0.3) is 0 Å². The van der Waals surface area contributed by atoms with Crippen LogP contribution in [0.5, 0.6) is 0 Å². The van der Waals surface area contributed by atoms with Crippen molar-refractivity contribution in [3.05, 3.63) is 290 Å². The van der Waals surface area contributed by atoms with Gasteiger partial charge in [0.15, 0.2) is 0 Å². The van der Waals surface area contributed by atoms with E-state index in [0.717, 1.165) is 56.5 Å². The van der Waals surface area contributed by atoms with Crippen LogP contribution in [0.1, 0.15) is 30.5 Å². The fraction of sp³-hybridized carbons (Fsp3) is 0.0423. The van der Waals surface area contributed by atoms with Gasteiger partial charge in [-0.25, -0.2) is 0 Å². The Morgan fingerprint density at radius 2 is 0.781 bits per heavy atom. The molecule has 1 heterocycles. The highest BCUT2D eigenvalue weighted by Crippen LogP contribution is 2.40. The molecule has 0 spiro atoms. The van der Waals surface area contributed by atoms with E-state index in [9.17, 15) is 0 Å². The van der Waals surface area contributed by atoms with E-state index in [2.05, 4.69) is 266 Å². The molecule has 348 valence electrons. The van der Waals surface area contributed by atoms with Gasteiger partial charge >= 0.3 is 0 Å². The second-order valence-electron chi connectivity index (χ2n) is 18.4. The number of anilines is 3. The molecule has 0 N–H and O–H groups in total. The van der Waals surface area contributed by atoms with E-state index in [1.54, 1.807) is 0 Å². The lowest BCUT2D eigenvalue weighted by molar-refractivity contribution is 0.669. The zero-order chi connectivity index (χ0) is 49.1. The summed E-state index contributed by atoms with van der Waals surface area (Å²) in [5, 5.41) is 4.78. The number of benzene rings is 11. The maximum Gasteiger partial charge on any atom is 0.135 e. The van der Waals surface area contributed by atoms with Crippen LogP contribution >= 0.6 is 0 Å². The van der Waals surface area contributed by atoms with Gasteiger partial charge in [-0.2, -0.15) is 0 Å². The molecule has 13 rings (SSSR count). The molecular weight excluding hydrogens is 883 g/mol. The van der Waals surface area contributed by atoms with Gasteiger partial charge in [-0.15, -0.1) is 0 Å². The third-order valence-corrected chi connectivity index (χ3v) is 14.1. The smallest absolute Gasteiger partial charge is 0.135 e. The third kappa shape index (κ3) is 8.85. The second kappa shape index (κ2) is 19.9. The minimum absolute atomic E-state index is 0.906. The summed E-state index contributed by atoms with van der Waals surface area (Å²) in [7, 11) is 0. The molecule has 2 nitrogen and oxygen atoms in total. The lowest BCUT2D eigenvalue weighted by atomic mass is 9.92. The fourth-order valence-corrected chi connectivity index (χ4v) is 10.5. The molecule has 0 unspecified atom stereocenters. The van der Waals surface area contributed by atoms with Crippen LogP contribution in [0.15, 0.2) is 277 Å². The van der Waals surface area contributed by atoms with Crippen molar-refractivity contribution in [1.29, 1.82) is 0 Å². The summed E-state index contributed by atoms with van der Waals surface area (Å²) in [5.74, 6) is 0. The lowest BCUT2D eigenvalue weighted by Crippen LogP contribution is -2.09. The van der Waals surface area contributed by atoms with E-state index in [1.807, 2.05) is 26.0 Å². The fourth-order valence-electron chi connectivity index (χ4n) is 10.5. The summed E-state index contributed by atoms with van der Waals surface area (Å²) in [4.78, 5) is 2.36. The Morgan fingerprint density at radius 1 is 0.329 bits per heavy atom. The Balaban J connectivity index is 0.00000268. The van der Waals surface area contributed by atoms with Gasteiger partial charge in [0, 0.05) is 27.8 Å². The van der Waals surface area contributed by atoms with Crippen LogP contribution in [-0.4, -0.2) is 0 Å². The first-order valence-electron chi connectivity index (χ1n) is 25.4. The standard InChI is InChI=1S/C69H47NO.C2H6/c1-4-23-62-50(13-1)14-3-6-25-64(62)57-21-10-18-53(44-57)48-31-38-60(39-32-48)70(61-40-33-49(34-41-61)54-19-11-22-58(45-54)65-27-12-16-51-15-2-5-24-63(51)65)59-36-29-47(30-37-59)52-17-9-20-55(43-52)56-35-42-69-67(46-56)66-26-7-8-28-68(66)71-69;1-2/h1-13,15-46H,14H2;1-2H3. The summed E-state index contributed by atoms with van der Waals surface area (Å²) in [6.45, 7) is 4.00. The van der Waals surface area contributed by atoms with Gasteiger partial charge < -0.3 is 9.32 Å². The molecule has 0 saturated heterocycles. The molecule has 1 aromatic heterocycles. The van der Waals surface area contributed by atoms with Crippen molar-refractivity contribution in [2.75, 3.05) is 4.90 Å². The Labute approximate surface area is 428 Å². The molecule has 1 aliphatic carbocycles. The minimum atomic E-state index is 0.906. The van der Waals surface area contributed by atoms with Crippen LogP contribution in [0, 0.1) is 0 Å². The van der Waals surface area contributed by atoms with Crippen molar-refractivity contribution in [2.24, 2.45) is 0 Å². The highest BCUT2D eigenvalue weighted by atomic mass is 16.3. The van der Waals surface area contributed by atoms with Crippen LogP contribution in [0.2, 0.25) is 0 Å². The number of furan rings is 1. The average Bonchev–Trinajstić information content (AvgIpc) is 3.70. The molecule has 0 atom stereocenters. The minimum Gasteiger partial charge on any atom is -0.456 e. The Hall–Kier alpha value is -9.24. The molecule has 0 amide bonds. The summed E-state index contributed by atoms with van der Waals surface area (Å²) in [6.07, 6.45) is 7.63. The molecule has 73 heavy (non-hydrogen) atoms. The molecule has 0 aliphatic heterocycles. The molecule has 1 aliphatic rings. The topological polar surface area (TPSA) is 16.4 Å². The molecule has 0 fully saturated rings. The van der Waals surface area contributed by atoms with Crippen molar-refractivity contribution in [3.8, 4) is 55.6 Å². The van der Waals surface area contributed by atoms with Crippen LogP contribution < -0.4 is 4.90 Å². The van der Waals surface area contributed by atoms with Gasteiger partial charge in [-0.3, -0.25) is 0 Å². The third-order valence-electron chi connectivity index (χ3n) is 14.1. The van der Waals surface area contributed by atoms with E-state index < -0.39 is 0 Å². The lowest BCUT2D eigenvalue weighted by Gasteiger charge is -2.26. The highest BCUT2D eigenvalue weighted by Gasteiger charge is 2.17. The number of allylic oxidation sites excluding steroid dienone is 3. The van der Waals surface area contributed by atoms with Crippen LogP contribution in [-0.2, 0) is 6.42 Å². The maximum atomic E-state index is 6.14. The number of rotatable bonds is 9. The molecule has 0 bridgehead atoms. The number of hydrogen-bond acceptors (Lipinski definition) is 2. The first-order chi connectivity index (χ1) is 36.2. The van der Waals surface area contributed by atoms with E-state index in [0.29, 0.717) is 0 Å². The van der Waals surface area contributed by atoms with Gasteiger partial charge in [-0.05, 0) is 168 Å². The number of fused-ring (bicyclic) bond motifs is 5. The number of para-hydroxylation sites is 1. The first-order valence-corrected chi connectivity index (χ1v) is 25.4. The van der Waals surface area contributed by atoms with Crippen molar-refractivity contribution in [2.45, 2.75) is 20.3 Å². The number of nitrogens with zero attached hydrogens (tertiary/aromatic N) is 1. The predicted molar refractivity (Wildman–Crippen MR) is 311 cm³/mol. The molecule has 11 aromatic carbocycles. The highest BCUT2D eigenvalue weighted by molar-refractivity contribution is 6.06. The van der Waals surface area contributed by atoms with E-state index in [1.165, 1.54) is 77.5 Å². The van der Waals surface area contributed by atoms with Gasteiger partial charge in [-0.1, -0.05) is 214 Å². The zero-order valence-corrected chi connectivity index (χ0v) is 41.0. The van der Waals surface area contributed by atoms with Crippen LogP contribution in [0.3, 0.4) is 0 Å². The van der Waals surface area contributed by atoms with E-state index >= 15 is 0 Å². The van der Waals surface area contributed by atoms with Gasteiger partial charge in [0.1, 0.15) is 11.2 Å². The Kier molecular flexibility index (Phi) is 12.2. The summed E-state index contributed by atoms with van der Waals surface area (Å²) in [6, 6.07) is 92.4. The average molecular weight is 936 g/mol. The van der Waals surface area contributed by atoms with Gasteiger partial charge in [0.2, 0.25) is 0 Å². The molecule has 12 aromatic rings. The number of hydrogen-bond donors (Lipinski definition) is 0. The van der Waals surface area contributed by atoms with Crippen molar-refractivity contribution < 1.29 is 4.42 Å². The largest absolute Gasteiger partial charge is 0.456 e. The van der Waals surface area contributed by atoms with E-state index in [4.69, 9.17) is 4.42 Å². The second-order valence-corrected chi connectivity index (χ2v) is 18.4. The summed E-state index contributed by atoms with van der Waals surface area (Å²) >= 11 is 0. The normalized spacial score (nSPS) is 11.9. The summed E-state index contributed by atoms with van der Waals surface area (Å²) in [5.41, 5.74) is 22.0. The SMILES string of the molecule is C1=CCc2ccccc2C(c2cccc(-c3ccc(N(c4ccc(-c5cccc(-c6ccc7oc8ccccc8c7c6)c5)cc4)c4ccc(-c5cccc(-c6cccc7ccccc67)c5)cc4)cc3)c2)=C1.CC. The van der Waals surface area contributed by atoms with Gasteiger partial charge in [0.05, 0.1) is 0 Å². The Bertz CT molecular complexity index is 4000. The quantitative estimate of drug-likeness (QED) is 0.143. The predicted octanol–water partition coefficient (Wildman–Crippen LogP) is 20.1. The van der Waals surface area contributed by atoms with Crippen LogP contribution in [0.25, 0.3) is 93.9 Å². The van der Waals surface area contributed by atoms with E-state index in [-0.39, 0.29) is 0 Å². The van der Waals surface area contributed by atoms with Crippen molar-refractivity contribution >= 4 is 55.3 Å². The Morgan fingerprint density at radius 3 is 1.45 bits per heavy atom. The van der Waals surface area contributed by atoms with Crippen molar-refractivity contribution in [3.63, 3.8) is 0 Å². The summed E-state index contributed by atoms with van der Waals surface area (Å²) < 4.78 is 6.14. The zero-order valence-electron chi connectivity index (χ0n) is 41.0. The van der Waals surface area contributed by atoms with Crippen LogP contribution in [0.4, 0.5) is 17.1 Å². The molecule has 0 radical (unpaired) electrons. The monoisotopic (exact) mass is 935 g/mol. The molecular formula is C71H53NO. The molecule has 2 heteroatoms. The maximum absolute atomic E-state index is 6.14.